The lowest BCUT2D eigenvalue weighted by molar-refractivity contribution is 0.360. The molecule has 1 unspecified atom stereocenters. The first kappa shape index (κ1) is 13.9. The molecule has 3 rings (SSSR count). The summed E-state index contributed by atoms with van der Waals surface area (Å²) in [6.45, 7) is 6.46. The van der Waals surface area contributed by atoms with Crippen LogP contribution in [0.3, 0.4) is 0 Å². The molecule has 3 heterocycles. The monoisotopic (exact) mass is 293 g/mol. The normalized spacial score (nSPS) is 19.4. The molecule has 0 radical (unpaired) electrons. The number of aromatic nitrogens is 2. The number of thiazole rings is 1. The molecule has 1 saturated heterocycles. The van der Waals surface area contributed by atoms with Crippen LogP contribution in [-0.2, 0) is 6.42 Å². The van der Waals surface area contributed by atoms with Crippen LogP contribution in [0.2, 0.25) is 0 Å². The number of anilines is 1. The Labute approximate surface area is 124 Å². The van der Waals surface area contributed by atoms with Gasteiger partial charge in [-0.15, -0.1) is 11.3 Å². The smallest absolute Gasteiger partial charge is 0.195 e. The summed E-state index contributed by atoms with van der Waals surface area (Å²) in [5, 5.41) is 2.09. The molecule has 2 aromatic heterocycles. The summed E-state index contributed by atoms with van der Waals surface area (Å²) in [5.41, 5.74) is 7.29. The van der Waals surface area contributed by atoms with E-state index in [-0.39, 0.29) is 6.04 Å². The first-order valence-corrected chi connectivity index (χ1v) is 8.16. The topological polar surface area (TPSA) is 49.8 Å². The minimum Gasteiger partial charge on any atom is -0.354 e. The molecule has 2 aromatic rings. The van der Waals surface area contributed by atoms with Gasteiger partial charge < -0.3 is 15.5 Å². The SMILES string of the molecule is CC(N)Cc1c(N2CCCN(C)CC2)nc2sccn12. The molecule has 5 nitrogen and oxygen atoms in total. The predicted molar refractivity (Wildman–Crippen MR) is 84.7 cm³/mol. The fourth-order valence-corrected chi connectivity index (χ4v) is 3.56. The fourth-order valence-electron chi connectivity index (χ4n) is 2.83. The van der Waals surface area contributed by atoms with Crippen molar-refractivity contribution in [2.24, 2.45) is 5.73 Å². The van der Waals surface area contributed by atoms with Gasteiger partial charge in [0.15, 0.2) is 10.8 Å². The van der Waals surface area contributed by atoms with Crippen molar-refractivity contribution in [1.82, 2.24) is 14.3 Å². The van der Waals surface area contributed by atoms with E-state index >= 15 is 0 Å². The van der Waals surface area contributed by atoms with Gasteiger partial charge in [0.1, 0.15) is 0 Å². The standard InChI is InChI=1S/C14H23N5S/c1-11(15)10-12-13(16-14-19(12)8-9-20-14)18-5-3-4-17(2)6-7-18/h8-9,11H,3-7,10,15H2,1-2H3. The summed E-state index contributed by atoms with van der Waals surface area (Å²) in [6.07, 6.45) is 4.18. The molecule has 0 bridgehead atoms. The van der Waals surface area contributed by atoms with Crippen LogP contribution < -0.4 is 10.6 Å². The Bertz CT molecular complexity index is 573. The number of imidazole rings is 1. The Morgan fingerprint density at radius 2 is 2.20 bits per heavy atom. The van der Waals surface area contributed by atoms with E-state index in [1.54, 1.807) is 11.3 Å². The third-order valence-corrected chi connectivity index (χ3v) is 4.63. The van der Waals surface area contributed by atoms with Gasteiger partial charge >= 0.3 is 0 Å². The maximum absolute atomic E-state index is 6.03. The molecule has 0 amide bonds. The molecule has 1 atom stereocenters. The molecule has 1 fully saturated rings. The number of hydrogen-bond acceptors (Lipinski definition) is 5. The molecular weight excluding hydrogens is 270 g/mol. The Hall–Kier alpha value is -1.11. The molecule has 0 aliphatic carbocycles. The molecule has 0 saturated carbocycles. The zero-order valence-corrected chi connectivity index (χ0v) is 13.1. The van der Waals surface area contributed by atoms with Crippen molar-refractivity contribution < 1.29 is 0 Å². The zero-order chi connectivity index (χ0) is 14.1. The molecule has 0 spiro atoms. The fraction of sp³-hybridized carbons (Fsp3) is 0.643. The number of hydrogen-bond donors (Lipinski definition) is 1. The minimum absolute atomic E-state index is 0.156. The molecule has 0 aromatic carbocycles. The summed E-state index contributed by atoms with van der Waals surface area (Å²) in [4.78, 5) is 10.8. The molecule has 2 N–H and O–H groups in total. The summed E-state index contributed by atoms with van der Waals surface area (Å²) in [7, 11) is 2.19. The first-order chi connectivity index (χ1) is 9.65. The summed E-state index contributed by atoms with van der Waals surface area (Å²) in [6, 6.07) is 0.156. The molecule has 110 valence electrons. The van der Waals surface area contributed by atoms with Gasteiger partial charge in [-0.1, -0.05) is 0 Å². The molecule has 20 heavy (non-hydrogen) atoms. The van der Waals surface area contributed by atoms with Gasteiger partial charge in [-0.3, -0.25) is 4.40 Å². The average molecular weight is 293 g/mol. The molecule has 1 aliphatic heterocycles. The maximum atomic E-state index is 6.03. The third kappa shape index (κ3) is 2.68. The highest BCUT2D eigenvalue weighted by molar-refractivity contribution is 7.15. The van der Waals surface area contributed by atoms with Gasteiger partial charge in [0.25, 0.3) is 0 Å². The van der Waals surface area contributed by atoms with E-state index in [4.69, 9.17) is 10.7 Å². The van der Waals surface area contributed by atoms with Gasteiger partial charge in [0, 0.05) is 43.7 Å². The van der Waals surface area contributed by atoms with Crippen molar-refractivity contribution in [1.29, 1.82) is 0 Å². The van der Waals surface area contributed by atoms with Crippen LogP contribution in [0.15, 0.2) is 11.6 Å². The summed E-state index contributed by atoms with van der Waals surface area (Å²) < 4.78 is 2.21. The van der Waals surface area contributed by atoms with Crippen LogP contribution in [0.4, 0.5) is 5.82 Å². The molecular formula is C14H23N5S. The molecule has 6 heteroatoms. The predicted octanol–water partition coefficient (Wildman–Crippen LogP) is 1.43. The molecule has 1 aliphatic rings. The van der Waals surface area contributed by atoms with Crippen LogP contribution in [0.5, 0.6) is 0 Å². The quantitative estimate of drug-likeness (QED) is 0.930. The Morgan fingerprint density at radius 1 is 1.35 bits per heavy atom. The number of nitrogens with two attached hydrogens (primary N) is 1. The van der Waals surface area contributed by atoms with E-state index in [1.807, 2.05) is 0 Å². The second-order valence-corrected chi connectivity index (χ2v) is 6.64. The van der Waals surface area contributed by atoms with Crippen molar-refractivity contribution in [2.45, 2.75) is 25.8 Å². The van der Waals surface area contributed by atoms with Crippen molar-refractivity contribution >= 4 is 22.1 Å². The van der Waals surface area contributed by atoms with E-state index in [9.17, 15) is 0 Å². The van der Waals surface area contributed by atoms with Gasteiger partial charge in [-0.05, 0) is 26.9 Å². The summed E-state index contributed by atoms with van der Waals surface area (Å²) in [5.74, 6) is 1.14. The van der Waals surface area contributed by atoms with Crippen molar-refractivity contribution in [3.05, 3.63) is 17.3 Å². The lowest BCUT2D eigenvalue weighted by Crippen LogP contribution is -2.30. The van der Waals surface area contributed by atoms with Crippen molar-refractivity contribution in [3.63, 3.8) is 0 Å². The van der Waals surface area contributed by atoms with Crippen LogP contribution in [0.1, 0.15) is 19.0 Å². The number of fused-ring (bicyclic) bond motifs is 1. The number of nitrogens with zero attached hydrogens (tertiary/aromatic N) is 4. The lowest BCUT2D eigenvalue weighted by atomic mass is 10.2. The van der Waals surface area contributed by atoms with Crippen LogP contribution in [-0.4, -0.2) is 53.6 Å². The van der Waals surface area contributed by atoms with Crippen molar-refractivity contribution in [3.8, 4) is 0 Å². The second kappa shape index (κ2) is 5.71. The Balaban J connectivity index is 1.94. The van der Waals surface area contributed by atoms with E-state index < -0.39 is 0 Å². The van der Waals surface area contributed by atoms with Gasteiger partial charge in [-0.2, -0.15) is 0 Å². The Kier molecular flexibility index (Phi) is 3.96. The van der Waals surface area contributed by atoms with E-state index in [0.717, 1.165) is 36.8 Å². The zero-order valence-electron chi connectivity index (χ0n) is 12.2. The highest BCUT2D eigenvalue weighted by Gasteiger charge is 2.21. The van der Waals surface area contributed by atoms with Crippen LogP contribution in [0.25, 0.3) is 4.96 Å². The van der Waals surface area contributed by atoms with Gasteiger partial charge in [0.2, 0.25) is 0 Å². The van der Waals surface area contributed by atoms with Gasteiger partial charge in [0.05, 0.1) is 5.69 Å². The van der Waals surface area contributed by atoms with Gasteiger partial charge in [-0.25, -0.2) is 4.98 Å². The minimum atomic E-state index is 0.156. The average Bonchev–Trinajstić information content (AvgIpc) is 2.89. The lowest BCUT2D eigenvalue weighted by Gasteiger charge is -2.22. The highest BCUT2D eigenvalue weighted by Crippen LogP contribution is 2.26. The van der Waals surface area contributed by atoms with E-state index in [2.05, 4.69) is 39.7 Å². The van der Waals surface area contributed by atoms with E-state index in [1.165, 1.54) is 18.7 Å². The van der Waals surface area contributed by atoms with Crippen LogP contribution in [0, 0.1) is 0 Å². The third-order valence-electron chi connectivity index (χ3n) is 3.87. The van der Waals surface area contributed by atoms with Crippen LogP contribution >= 0.6 is 11.3 Å². The first-order valence-electron chi connectivity index (χ1n) is 7.28. The Morgan fingerprint density at radius 3 is 3.00 bits per heavy atom. The van der Waals surface area contributed by atoms with Crippen molar-refractivity contribution in [2.75, 3.05) is 38.1 Å². The number of rotatable bonds is 3. The summed E-state index contributed by atoms with van der Waals surface area (Å²) >= 11 is 1.69. The highest BCUT2D eigenvalue weighted by atomic mass is 32.1. The maximum Gasteiger partial charge on any atom is 0.195 e. The number of likely N-dealkylation sites (N-methyl/N-ethyl adjacent to an activating group) is 1. The van der Waals surface area contributed by atoms with E-state index in [0.29, 0.717) is 0 Å². The largest absolute Gasteiger partial charge is 0.354 e. The second-order valence-electron chi connectivity index (χ2n) is 5.76.